The summed E-state index contributed by atoms with van der Waals surface area (Å²) in [5.74, 6) is 1.11. The Kier molecular flexibility index (Phi) is 5.22. The molecule has 1 N–H and O–H groups in total. The van der Waals surface area contributed by atoms with Crippen molar-refractivity contribution in [3.63, 3.8) is 0 Å². The van der Waals surface area contributed by atoms with Crippen LogP contribution < -0.4 is 5.32 Å². The first kappa shape index (κ1) is 16.6. The van der Waals surface area contributed by atoms with Crippen LogP contribution in [0.1, 0.15) is 18.9 Å². The van der Waals surface area contributed by atoms with Crippen LogP contribution in [0.25, 0.3) is 0 Å². The van der Waals surface area contributed by atoms with E-state index in [9.17, 15) is 13.2 Å². The van der Waals surface area contributed by atoms with Crippen LogP contribution in [0.2, 0.25) is 5.02 Å². The van der Waals surface area contributed by atoms with Crippen LogP contribution in [0.5, 0.6) is 0 Å². The third-order valence-electron chi connectivity index (χ3n) is 3.36. The van der Waals surface area contributed by atoms with Crippen molar-refractivity contribution in [3.05, 3.63) is 34.9 Å². The van der Waals surface area contributed by atoms with Crippen molar-refractivity contribution in [3.8, 4) is 0 Å². The Morgan fingerprint density at radius 3 is 2.62 bits per heavy atom. The first-order chi connectivity index (χ1) is 9.78. The molecule has 0 unspecified atom stereocenters. The molecule has 0 spiro atoms. The van der Waals surface area contributed by atoms with Gasteiger partial charge in [-0.2, -0.15) is 0 Å². The largest absolute Gasteiger partial charge is 0.349 e. The zero-order valence-electron chi connectivity index (χ0n) is 11.8. The number of halogens is 1. The number of hydrogen-bond acceptors (Lipinski definition) is 4. The van der Waals surface area contributed by atoms with Crippen molar-refractivity contribution in [2.45, 2.75) is 24.6 Å². The summed E-state index contributed by atoms with van der Waals surface area (Å²) in [6.45, 7) is 1.79. The highest BCUT2D eigenvalue weighted by atomic mass is 35.5. The summed E-state index contributed by atoms with van der Waals surface area (Å²) >= 11 is 7.31. The van der Waals surface area contributed by atoms with Gasteiger partial charge < -0.3 is 5.32 Å². The predicted molar refractivity (Wildman–Crippen MR) is 87.4 cm³/mol. The van der Waals surface area contributed by atoms with Crippen molar-refractivity contribution < 1.29 is 13.2 Å². The number of carbonyl (C=O) groups excluding carboxylic acids is 1. The second-order valence-electron chi connectivity index (χ2n) is 5.57. The van der Waals surface area contributed by atoms with E-state index in [4.69, 9.17) is 11.6 Å². The fourth-order valence-electron chi connectivity index (χ4n) is 2.32. The summed E-state index contributed by atoms with van der Waals surface area (Å²) in [5.41, 5.74) is 0.489. The fourth-order valence-corrected chi connectivity index (χ4v) is 5.33. The van der Waals surface area contributed by atoms with E-state index in [-0.39, 0.29) is 17.4 Å². The minimum atomic E-state index is -3.00. The molecule has 0 aromatic heterocycles. The molecule has 1 aromatic carbocycles. The highest BCUT2D eigenvalue weighted by Gasteiger charge is 2.39. The molecule has 1 fully saturated rings. The maximum Gasteiger partial charge on any atom is 0.230 e. The highest BCUT2D eigenvalue weighted by Crippen LogP contribution is 2.23. The fraction of sp³-hybridized carbons (Fsp3) is 0.500. The van der Waals surface area contributed by atoms with E-state index in [2.05, 4.69) is 5.32 Å². The van der Waals surface area contributed by atoms with Crippen LogP contribution in [0.15, 0.2) is 24.3 Å². The Hall–Kier alpha value is -0.720. The predicted octanol–water partition coefficient (Wildman–Crippen LogP) is 2.27. The molecule has 0 aliphatic carbocycles. The lowest BCUT2D eigenvalue weighted by Crippen LogP contribution is -2.47. The van der Waals surface area contributed by atoms with Gasteiger partial charge in [0.2, 0.25) is 5.91 Å². The maximum absolute atomic E-state index is 11.9. The first-order valence-corrected chi connectivity index (χ1v) is 9.97. The molecule has 0 bridgehead atoms. The van der Waals surface area contributed by atoms with Crippen LogP contribution in [0.4, 0.5) is 0 Å². The highest BCUT2D eigenvalue weighted by molar-refractivity contribution is 7.99. The summed E-state index contributed by atoms with van der Waals surface area (Å²) in [5, 5.41) is 3.54. The van der Waals surface area contributed by atoms with Gasteiger partial charge in [-0.15, -0.1) is 11.8 Å². The second kappa shape index (κ2) is 6.58. The first-order valence-electron chi connectivity index (χ1n) is 6.62. The summed E-state index contributed by atoms with van der Waals surface area (Å²) < 4.78 is 23.0. The molecule has 1 aromatic rings. The molecule has 2 rings (SSSR count). The number of benzene rings is 1. The van der Waals surface area contributed by atoms with Gasteiger partial charge in [-0.1, -0.05) is 23.7 Å². The molecule has 0 radical (unpaired) electrons. The van der Waals surface area contributed by atoms with Gasteiger partial charge in [-0.25, -0.2) is 8.42 Å². The monoisotopic (exact) mass is 347 g/mol. The van der Waals surface area contributed by atoms with Gasteiger partial charge in [0.05, 0.1) is 22.8 Å². The van der Waals surface area contributed by atoms with Crippen molar-refractivity contribution in [1.82, 2.24) is 5.32 Å². The molecule has 1 aliphatic rings. The van der Waals surface area contributed by atoms with Crippen LogP contribution in [0.3, 0.4) is 0 Å². The zero-order chi connectivity index (χ0) is 15.5. The lowest BCUT2D eigenvalue weighted by atomic mass is 10.0. The van der Waals surface area contributed by atoms with Gasteiger partial charge in [0.25, 0.3) is 0 Å². The molecule has 1 amide bonds. The van der Waals surface area contributed by atoms with E-state index >= 15 is 0 Å². The molecule has 1 aliphatic heterocycles. The van der Waals surface area contributed by atoms with Crippen LogP contribution >= 0.6 is 23.4 Å². The van der Waals surface area contributed by atoms with Gasteiger partial charge in [-0.05, 0) is 31.0 Å². The summed E-state index contributed by atoms with van der Waals surface area (Å²) in [6, 6.07) is 7.50. The van der Waals surface area contributed by atoms with Crippen molar-refractivity contribution in [2.24, 2.45) is 0 Å². The molecule has 1 atom stereocenters. The third-order valence-corrected chi connectivity index (χ3v) is 6.52. The molecular weight excluding hydrogens is 330 g/mol. The second-order valence-corrected chi connectivity index (χ2v) is 9.18. The number of carbonyl (C=O) groups is 1. The molecule has 4 nitrogen and oxygen atoms in total. The number of thioether (sulfide) groups is 1. The van der Waals surface area contributed by atoms with Gasteiger partial charge in [0.1, 0.15) is 0 Å². The number of amides is 1. The van der Waals surface area contributed by atoms with Gasteiger partial charge >= 0.3 is 0 Å². The minimum Gasteiger partial charge on any atom is -0.349 e. The molecule has 7 heteroatoms. The van der Waals surface area contributed by atoms with E-state index in [0.717, 1.165) is 11.3 Å². The van der Waals surface area contributed by atoms with E-state index < -0.39 is 15.4 Å². The third kappa shape index (κ3) is 5.20. The zero-order valence-corrected chi connectivity index (χ0v) is 14.2. The van der Waals surface area contributed by atoms with E-state index in [0.29, 0.717) is 17.2 Å². The number of sulfone groups is 1. The molecule has 21 heavy (non-hydrogen) atoms. The quantitative estimate of drug-likeness (QED) is 0.887. The number of hydrogen-bond donors (Lipinski definition) is 1. The SMILES string of the molecule is C[C@]1(NC(=O)CSCc2ccc(Cl)cc2)CCS(=O)(=O)C1. The van der Waals surface area contributed by atoms with Crippen molar-refractivity contribution >= 4 is 39.1 Å². The summed E-state index contributed by atoms with van der Waals surface area (Å²) in [4.78, 5) is 11.9. The Labute approximate surface area is 134 Å². The van der Waals surface area contributed by atoms with Gasteiger partial charge in [0, 0.05) is 10.8 Å². The Morgan fingerprint density at radius 2 is 2.05 bits per heavy atom. The molecular formula is C14H18ClNO3S2. The lowest BCUT2D eigenvalue weighted by Gasteiger charge is -2.23. The lowest BCUT2D eigenvalue weighted by molar-refractivity contribution is -0.120. The molecule has 1 saturated heterocycles. The average molecular weight is 348 g/mol. The van der Waals surface area contributed by atoms with Crippen LogP contribution in [0, 0.1) is 0 Å². The Bertz CT molecular complexity index is 616. The van der Waals surface area contributed by atoms with Gasteiger partial charge in [0.15, 0.2) is 9.84 Å². The normalized spacial score (nSPS) is 23.9. The van der Waals surface area contributed by atoms with E-state index in [1.54, 1.807) is 6.92 Å². The van der Waals surface area contributed by atoms with Crippen LogP contribution in [-0.4, -0.2) is 37.1 Å². The number of rotatable bonds is 5. The average Bonchev–Trinajstić information content (AvgIpc) is 2.65. The number of nitrogens with one attached hydrogen (secondary N) is 1. The molecule has 1 heterocycles. The summed E-state index contributed by atoms with van der Waals surface area (Å²) in [7, 11) is -3.00. The van der Waals surface area contributed by atoms with E-state index in [1.165, 1.54) is 11.8 Å². The van der Waals surface area contributed by atoms with Crippen molar-refractivity contribution in [2.75, 3.05) is 17.3 Å². The molecule has 0 saturated carbocycles. The molecule has 116 valence electrons. The smallest absolute Gasteiger partial charge is 0.230 e. The van der Waals surface area contributed by atoms with Gasteiger partial charge in [-0.3, -0.25) is 4.79 Å². The standard InChI is InChI=1S/C14H18ClNO3S2/c1-14(6-7-21(18,19)10-14)16-13(17)9-20-8-11-2-4-12(15)5-3-11/h2-5H,6-10H2,1H3,(H,16,17)/t14-/m0/s1. The Morgan fingerprint density at radius 1 is 1.38 bits per heavy atom. The maximum atomic E-state index is 11.9. The summed E-state index contributed by atoms with van der Waals surface area (Å²) in [6.07, 6.45) is 0.489. The van der Waals surface area contributed by atoms with Crippen LogP contribution in [-0.2, 0) is 20.4 Å². The van der Waals surface area contributed by atoms with E-state index in [1.807, 2.05) is 24.3 Å². The minimum absolute atomic E-state index is 0.0353. The Balaban J connectivity index is 1.76. The topological polar surface area (TPSA) is 63.2 Å². The van der Waals surface area contributed by atoms with Crippen molar-refractivity contribution in [1.29, 1.82) is 0 Å².